The van der Waals surface area contributed by atoms with E-state index in [9.17, 15) is 4.79 Å². The molecule has 2 saturated heterocycles. The van der Waals surface area contributed by atoms with Gasteiger partial charge in [0.1, 0.15) is 0 Å². The minimum Gasteiger partial charge on any atom is -0.352 e. The number of piperidine rings is 2. The number of likely N-dealkylation sites (N-methyl/N-ethyl adjacent to an activating group) is 1. The largest absolute Gasteiger partial charge is 0.352 e. The third kappa shape index (κ3) is 2.69. The zero-order chi connectivity index (χ0) is 13.3. The molecule has 2 aliphatic rings. The van der Waals surface area contributed by atoms with Gasteiger partial charge in [0, 0.05) is 18.1 Å². The van der Waals surface area contributed by atoms with Gasteiger partial charge in [-0.2, -0.15) is 0 Å². The number of nitrogens with zero attached hydrogens (tertiary/aromatic N) is 1. The molecule has 0 radical (unpaired) electrons. The van der Waals surface area contributed by atoms with Gasteiger partial charge >= 0.3 is 0 Å². The minimum absolute atomic E-state index is 0.123. The number of rotatable bonds is 3. The van der Waals surface area contributed by atoms with Crippen LogP contribution in [0, 0.1) is 0 Å². The van der Waals surface area contributed by atoms with E-state index in [1.807, 2.05) is 20.9 Å². The fourth-order valence-corrected chi connectivity index (χ4v) is 3.21. The van der Waals surface area contributed by atoms with Gasteiger partial charge in [-0.05, 0) is 53.6 Å². The third-order valence-electron chi connectivity index (χ3n) is 4.87. The van der Waals surface area contributed by atoms with Gasteiger partial charge in [-0.15, -0.1) is 0 Å². The maximum absolute atomic E-state index is 12.2. The van der Waals surface area contributed by atoms with E-state index < -0.39 is 5.54 Å². The van der Waals surface area contributed by atoms with Crippen molar-refractivity contribution in [2.24, 2.45) is 0 Å². The Bertz CT molecular complexity index is 302. The van der Waals surface area contributed by atoms with E-state index in [4.69, 9.17) is 0 Å². The van der Waals surface area contributed by atoms with Crippen LogP contribution in [-0.4, -0.2) is 48.6 Å². The first-order chi connectivity index (χ1) is 8.44. The molecule has 0 aromatic carbocycles. The van der Waals surface area contributed by atoms with Crippen LogP contribution in [0.2, 0.25) is 0 Å². The van der Waals surface area contributed by atoms with Crippen LogP contribution in [0.25, 0.3) is 0 Å². The Kier molecular flexibility index (Phi) is 3.97. The lowest BCUT2D eigenvalue weighted by atomic mass is 9.82. The summed E-state index contributed by atoms with van der Waals surface area (Å²) in [7, 11) is 4.08. The molecule has 2 N–H and O–H groups in total. The zero-order valence-corrected chi connectivity index (χ0v) is 12.1. The highest BCUT2D eigenvalue weighted by Gasteiger charge is 2.37. The molecular formula is C14H27N3O. The Morgan fingerprint density at radius 2 is 1.78 bits per heavy atom. The second-order valence-electron chi connectivity index (χ2n) is 6.42. The molecule has 0 aromatic rings. The number of carbonyl (C=O) groups excluding carboxylic acids is 1. The average Bonchev–Trinajstić information content (AvgIpc) is 2.30. The lowest BCUT2D eigenvalue weighted by Crippen LogP contribution is -2.59. The molecule has 0 aromatic heterocycles. The van der Waals surface area contributed by atoms with Gasteiger partial charge in [-0.1, -0.05) is 6.42 Å². The molecule has 2 fully saturated rings. The predicted molar refractivity (Wildman–Crippen MR) is 73.5 cm³/mol. The van der Waals surface area contributed by atoms with Gasteiger partial charge in [-0.3, -0.25) is 4.79 Å². The minimum atomic E-state index is -0.474. The van der Waals surface area contributed by atoms with E-state index in [2.05, 4.69) is 22.6 Å². The topological polar surface area (TPSA) is 44.4 Å². The van der Waals surface area contributed by atoms with Gasteiger partial charge in [0.05, 0.1) is 5.54 Å². The maximum atomic E-state index is 12.2. The number of hydrogen-bond acceptors (Lipinski definition) is 3. The van der Waals surface area contributed by atoms with E-state index >= 15 is 0 Å². The SMILES string of the molecule is CNC(C)(C)C(=O)NC1CC2CCCC(C1)N2C. The summed E-state index contributed by atoms with van der Waals surface area (Å²) < 4.78 is 0. The van der Waals surface area contributed by atoms with Crippen molar-refractivity contribution in [3.8, 4) is 0 Å². The van der Waals surface area contributed by atoms with Crippen molar-refractivity contribution >= 4 is 5.91 Å². The molecule has 104 valence electrons. The summed E-state index contributed by atoms with van der Waals surface area (Å²) >= 11 is 0. The molecule has 0 spiro atoms. The molecule has 2 unspecified atom stereocenters. The highest BCUT2D eigenvalue weighted by atomic mass is 16.2. The van der Waals surface area contributed by atoms with E-state index in [0.717, 1.165) is 12.8 Å². The smallest absolute Gasteiger partial charge is 0.239 e. The molecule has 4 heteroatoms. The van der Waals surface area contributed by atoms with E-state index in [1.54, 1.807) is 0 Å². The Hall–Kier alpha value is -0.610. The summed E-state index contributed by atoms with van der Waals surface area (Å²) in [6, 6.07) is 1.69. The maximum Gasteiger partial charge on any atom is 0.239 e. The summed E-state index contributed by atoms with van der Waals surface area (Å²) in [5, 5.41) is 6.30. The monoisotopic (exact) mass is 253 g/mol. The number of carbonyl (C=O) groups is 1. The Morgan fingerprint density at radius 3 is 2.28 bits per heavy atom. The van der Waals surface area contributed by atoms with Crippen LogP contribution in [0.15, 0.2) is 0 Å². The van der Waals surface area contributed by atoms with Crippen LogP contribution in [-0.2, 0) is 4.79 Å². The van der Waals surface area contributed by atoms with Crippen LogP contribution >= 0.6 is 0 Å². The Labute approximate surface area is 110 Å². The van der Waals surface area contributed by atoms with Gasteiger partial charge in [0.2, 0.25) is 5.91 Å². The molecular weight excluding hydrogens is 226 g/mol. The molecule has 2 bridgehead atoms. The lowest BCUT2D eigenvalue weighted by molar-refractivity contribution is -0.127. The van der Waals surface area contributed by atoms with Crippen LogP contribution in [0.3, 0.4) is 0 Å². The average molecular weight is 253 g/mol. The van der Waals surface area contributed by atoms with Gasteiger partial charge in [0.25, 0.3) is 0 Å². The molecule has 2 heterocycles. The lowest BCUT2D eigenvalue weighted by Gasteiger charge is -2.47. The zero-order valence-electron chi connectivity index (χ0n) is 12.1. The Morgan fingerprint density at radius 1 is 1.22 bits per heavy atom. The van der Waals surface area contributed by atoms with Crippen molar-refractivity contribution in [2.75, 3.05) is 14.1 Å². The number of nitrogens with one attached hydrogen (secondary N) is 2. The van der Waals surface area contributed by atoms with Crippen molar-refractivity contribution in [1.82, 2.24) is 15.5 Å². The first-order valence-electron chi connectivity index (χ1n) is 7.16. The van der Waals surface area contributed by atoms with Crippen LogP contribution < -0.4 is 10.6 Å². The summed E-state index contributed by atoms with van der Waals surface area (Å²) in [4.78, 5) is 14.7. The third-order valence-corrected chi connectivity index (χ3v) is 4.87. The Balaban J connectivity index is 1.94. The first kappa shape index (κ1) is 13.8. The fraction of sp³-hybridized carbons (Fsp3) is 0.929. The van der Waals surface area contributed by atoms with Crippen LogP contribution in [0.5, 0.6) is 0 Å². The highest BCUT2D eigenvalue weighted by molar-refractivity contribution is 5.85. The molecule has 0 saturated carbocycles. The van der Waals surface area contributed by atoms with E-state index in [1.165, 1.54) is 19.3 Å². The standard InChI is InChI=1S/C14H27N3O/c1-14(2,15-3)13(18)16-10-8-11-6-5-7-12(9-10)17(11)4/h10-12,15H,5-9H2,1-4H3,(H,16,18). The summed E-state index contributed by atoms with van der Waals surface area (Å²) in [5.74, 6) is 0.123. The van der Waals surface area contributed by atoms with Gasteiger partial charge < -0.3 is 15.5 Å². The summed E-state index contributed by atoms with van der Waals surface area (Å²) in [5.41, 5.74) is -0.474. The van der Waals surface area contributed by atoms with Crippen molar-refractivity contribution in [2.45, 2.75) is 69.6 Å². The summed E-state index contributed by atoms with van der Waals surface area (Å²) in [6.45, 7) is 3.86. The molecule has 2 atom stereocenters. The van der Waals surface area contributed by atoms with Crippen LogP contribution in [0.4, 0.5) is 0 Å². The first-order valence-corrected chi connectivity index (χ1v) is 7.16. The quantitative estimate of drug-likeness (QED) is 0.792. The van der Waals surface area contributed by atoms with Crippen molar-refractivity contribution in [3.63, 3.8) is 0 Å². The van der Waals surface area contributed by atoms with E-state index in [-0.39, 0.29) is 5.91 Å². The van der Waals surface area contributed by atoms with Gasteiger partial charge in [-0.25, -0.2) is 0 Å². The van der Waals surface area contributed by atoms with Crippen LogP contribution in [0.1, 0.15) is 46.0 Å². The predicted octanol–water partition coefficient (Wildman–Crippen LogP) is 1.12. The van der Waals surface area contributed by atoms with Crippen molar-refractivity contribution in [1.29, 1.82) is 0 Å². The number of amides is 1. The number of hydrogen-bond donors (Lipinski definition) is 2. The molecule has 18 heavy (non-hydrogen) atoms. The van der Waals surface area contributed by atoms with E-state index in [0.29, 0.717) is 18.1 Å². The molecule has 2 aliphatic heterocycles. The molecule has 4 nitrogen and oxygen atoms in total. The van der Waals surface area contributed by atoms with Gasteiger partial charge in [0.15, 0.2) is 0 Å². The second-order valence-corrected chi connectivity index (χ2v) is 6.42. The van der Waals surface area contributed by atoms with Crippen molar-refractivity contribution < 1.29 is 4.79 Å². The second kappa shape index (κ2) is 5.17. The molecule has 0 aliphatic carbocycles. The highest BCUT2D eigenvalue weighted by Crippen LogP contribution is 2.32. The fourth-order valence-electron chi connectivity index (χ4n) is 3.21. The molecule has 1 amide bonds. The molecule has 2 rings (SSSR count). The number of fused-ring (bicyclic) bond motifs is 2. The normalized spacial score (nSPS) is 33.2. The summed E-state index contributed by atoms with van der Waals surface area (Å²) in [6.07, 6.45) is 6.14. The van der Waals surface area contributed by atoms with Crippen molar-refractivity contribution in [3.05, 3.63) is 0 Å².